The number of anilines is 2. The lowest BCUT2D eigenvalue weighted by Crippen LogP contribution is -1.90. The van der Waals surface area contributed by atoms with Crippen molar-refractivity contribution >= 4 is 49.0 Å². The molecule has 20 heavy (non-hydrogen) atoms. The molecule has 3 aromatic rings. The number of hydrogen-bond acceptors (Lipinski definition) is 6. The van der Waals surface area contributed by atoms with Crippen LogP contribution < -0.4 is 10.1 Å². The zero-order chi connectivity index (χ0) is 14.1. The number of nitrogens with one attached hydrogen (secondary N) is 1. The number of ether oxygens (including phenoxy) is 1. The van der Waals surface area contributed by atoms with Crippen LogP contribution in [0.3, 0.4) is 0 Å². The van der Waals surface area contributed by atoms with Gasteiger partial charge in [-0.15, -0.1) is 11.3 Å². The summed E-state index contributed by atoms with van der Waals surface area (Å²) in [5, 5.41) is 12.9. The Labute approximate surface area is 122 Å². The molecule has 0 saturated heterocycles. The van der Waals surface area contributed by atoms with Crippen LogP contribution >= 0.6 is 22.7 Å². The number of hydrogen-bond donors (Lipinski definition) is 2. The Balaban J connectivity index is 1.83. The van der Waals surface area contributed by atoms with Crippen LogP contribution in [0.25, 0.3) is 9.53 Å². The molecule has 0 aliphatic carbocycles. The van der Waals surface area contributed by atoms with Crippen LogP contribution in [0.1, 0.15) is 9.67 Å². The van der Waals surface area contributed by atoms with Crippen molar-refractivity contribution in [3.63, 3.8) is 0 Å². The van der Waals surface area contributed by atoms with E-state index in [-0.39, 0.29) is 0 Å². The van der Waals surface area contributed by atoms with E-state index in [1.165, 1.54) is 22.7 Å². The summed E-state index contributed by atoms with van der Waals surface area (Å²) < 4.78 is 5.97. The Morgan fingerprint density at radius 2 is 2.05 bits per heavy atom. The molecule has 2 N–H and O–H groups in total. The van der Waals surface area contributed by atoms with Gasteiger partial charge in [-0.05, 0) is 30.3 Å². The van der Waals surface area contributed by atoms with Gasteiger partial charge >= 0.3 is 5.97 Å². The van der Waals surface area contributed by atoms with E-state index in [0.717, 1.165) is 26.1 Å². The number of rotatable bonds is 4. The number of fused-ring (bicyclic) bond motifs is 1. The molecule has 0 bridgehead atoms. The topological polar surface area (TPSA) is 71.5 Å². The van der Waals surface area contributed by atoms with Gasteiger partial charge in [0.25, 0.3) is 0 Å². The first kappa shape index (κ1) is 12.9. The van der Waals surface area contributed by atoms with Gasteiger partial charge in [-0.3, -0.25) is 0 Å². The number of carbonyl (C=O) groups is 1. The van der Waals surface area contributed by atoms with Crippen molar-refractivity contribution in [1.82, 2.24) is 4.98 Å². The van der Waals surface area contributed by atoms with Gasteiger partial charge in [0.2, 0.25) is 0 Å². The lowest BCUT2D eigenvalue weighted by molar-refractivity contribution is 0.0702. The van der Waals surface area contributed by atoms with Crippen LogP contribution in [0, 0.1) is 0 Å². The number of carboxylic acids is 1. The highest BCUT2D eigenvalue weighted by atomic mass is 32.1. The highest BCUT2D eigenvalue weighted by Gasteiger charge is 2.12. The molecule has 0 spiro atoms. The maximum absolute atomic E-state index is 10.9. The molecule has 0 aliphatic rings. The Morgan fingerprint density at radius 3 is 2.65 bits per heavy atom. The molecule has 0 unspecified atom stereocenters. The smallest absolute Gasteiger partial charge is 0.345 e. The third kappa shape index (κ3) is 2.45. The normalized spacial score (nSPS) is 10.7. The van der Waals surface area contributed by atoms with Crippen molar-refractivity contribution in [3.05, 3.63) is 35.2 Å². The van der Waals surface area contributed by atoms with Crippen LogP contribution in [0.4, 0.5) is 10.8 Å². The average Bonchev–Trinajstić information content (AvgIpc) is 2.97. The summed E-state index contributed by atoms with van der Waals surface area (Å²) in [5.74, 6) is -0.119. The van der Waals surface area contributed by atoms with Crippen LogP contribution in [-0.4, -0.2) is 23.2 Å². The largest absolute Gasteiger partial charge is 0.497 e. The Hall–Kier alpha value is -2.12. The van der Waals surface area contributed by atoms with Gasteiger partial charge in [-0.25, -0.2) is 9.78 Å². The molecule has 0 radical (unpaired) electrons. The first-order valence-corrected chi connectivity index (χ1v) is 7.34. The van der Waals surface area contributed by atoms with Gasteiger partial charge < -0.3 is 15.2 Å². The molecule has 7 heteroatoms. The number of benzene rings is 1. The zero-order valence-corrected chi connectivity index (χ0v) is 12.0. The summed E-state index contributed by atoms with van der Waals surface area (Å²) in [6, 6.07) is 9.18. The van der Waals surface area contributed by atoms with Crippen molar-refractivity contribution in [1.29, 1.82) is 0 Å². The number of carboxylic acid groups (broad SMARTS) is 1. The van der Waals surface area contributed by atoms with Gasteiger partial charge in [-0.1, -0.05) is 11.3 Å². The molecule has 2 heterocycles. The van der Waals surface area contributed by atoms with Crippen molar-refractivity contribution < 1.29 is 14.6 Å². The average molecular weight is 306 g/mol. The number of methoxy groups -OCH3 is 1. The molecule has 0 saturated carbocycles. The van der Waals surface area contributed by atoms with Gasteiger partial charge in [0, 0.05) is 5.69 Å². The van der Waals surface area contributed by atoms with E-state index in [2.05, 4.69) is 10.3 Å². The summed E-state index contributed by atoms with van der Waals surface area (Å²) in [5.41, 5.74) is 0.908. The fourth-order valence-corrected chi connectivity index (χ4v) is 3.67. The molecule has 3 rings (SSSR count). The molecule has 5 nitrogen and oxygen atoms in total. The number of thiophene rings is 1. The van der Waals surface area contributed by atoms with Crippen LogP contribution in [-0.2, 0) is 0 Å². The molecule has 102 valence electrons. The summed E-state index contributed by atoms with van der Waals surface area (Å²) >= 11 is 2.62. The highest BCUT2D eigenvalue weighted by molar-refractivity contribution is 7.29. The number of thiazole rings is 1. The predicted molar refractivity (Wildman–Crippen MR) is 80.7 cm³/mol. The fourth-order valence-electron chi connectivity index (χ4n) is 1.69. The van der Waals surface area contributed by atoms with E-state index in [9.17, 15) is 4.79 Å². The second kappa shape index (κ2) is 5.10. The second-order valence-corrected chi connectivity index (χ2v) is 6.02. The van der Waals surface area contributed by atoms with E-state index < -0.39 is 5.97 Å². The monoisotopic (exact) mass is 306 g/mol. The minimum Gasteiger partial charge on any atom is -0.497 e. The minimum absolute atomic E-state index is 0.315. The maximum Gasteiger partial charge on any atom is 0.345 e. The molecular weight excluding hydrogens is 296 g/mol. The SMILES string of the molecule is COc1ccc(Nc2nc3sc(C(=O)O)cc3s2)cc1. The lowest BCUT2D eigenvalue weighted by atomic mass is 10.3. The summed E-state index contributed by atoms with van der Waals surface area (Å²) in [7, 11) is 1.62. The standard InChI is InChI=1S/C13H10N2O3S2/c1-18-8-4-2-7(3-5-8)14-13-15-11-9(20-13)6-10(19-11)12(16)17/h2-6H,1H3,(H,14,15)(H,16,17). The summed E-state index contributed by atoms with van der Waals surface area (Å²) in [6.45, 7) is 0. The van der Waals surface area contributed by atoms with Crippen LogP contribution in [0.5, 0.6) is 5.75 Å². The Kier molecular flexibility index (Phi) is 3.29. The zero-order valence-electron chi connectivity index (χ0n) is 10.4. The number of aromatic nitrogens is 1. The second-order valence-electron chi connectivity index (χ2n) is 3.96. The number of aromatic carboxylic acids is 1. The molecular formula is C13H10N2O3S2. The third-order valence-electron chi connectivity index (χ3n) is 2.64. The first-order chi connectivity index (χ1) is 9.65. The Morgan fingerprint density at radius 1 is 1.30 bits per heavy atom. The molecule has 0 aliphatic heterocycles. The summed E-state index contributed by atoms with van der Waals surface area (Å²) in [6.07, 6.45) is 0. The Bertz CT molecular complexity index is 730. The van der Waals surface area contributed by atoms with Crippen LogP contribution in [0.15, 0.2) is 30.3 Å². The van der Waals surface area contributed by atoms with Gasteiger partial charge in [0.05, 0.1) is 11.8 Å². The minimum atomic E-state index is -0.912. The molecule has 0 amide bonds. The quantitative estimate of drug-likeness (QED) is 0.767. The van der Waals surface area contributed by atoms with Crippen molar-refractivity contribution in [2.45, 2.75) is 0 Å². The molecule has 1 aromatic carbocycles. The van der Waals surface area contributed by atoms with Crippen molar-refractivity contribution in [3.8, 4) is 5.75 Å². The van der Waals surface area contributed by atoms with Gasteiger partial charge in [-0.2, -0.15) is 0 Å². The number of nitrogens with zero attached hydrogens (tertiary/aromatic N) is 1. The predicted octanol–water partition coefficient (Wildman–Crippen LogP) is 3.81. The first-order valence-electron chi connectivity index (χ1n) is 5.70. The van der Waals surface area contributed by atoms with E-state index in [4.69, 9.17) is 9.84 Å². The fraction of sp³-hybridized carbons (Fsp3) is 0.0769. The van der Waals surface area contributed by atoms with Crippen molar-refractivity contribution in [2.24, 2.45) is 0 Å². The highest BCUT2D eigenvalue weighted by Crippen LogP contribution is 2.34. The molecule has 0 atom stereocenters. The lowest BCUT2D eigenvalue weighted by Gasteiger charge is -2.03. The van der Waals surface area contributed by atoms with E-state index in [1.54, 1.807) is 13.2 Å². The van der Waals surface area contributed by atoms with Gasteiger partial charge in [0.15, 0.2) is 5.13 Å². The maximum atomic E-state index is 10.9. The van der Waals surface area contributed by atoms with Crippen molar-refractivity contribution in [2.75, 3.05) is 12.4 Å². The van der Waals surface area contributed by atoms with Crippen LogP contribution in [0.2, 0.25) is 0 Å². The molecule has 0 fully saturated rings. The van der Waals surface area contributed by atoms with E-state index >= 15 is 0 Å². The van der Waals surface area contributed by atoms with E-state index in [1.807, 2.05) is 24.3 Å². The summed E-state index contributed by atoms with van der Waals surface area (Å²) in [4.78, 5) is 16.3. The van der Waals surface area contributed by atoms with E-state index in [0.29, 0.717) is 4.88 Å². The third-order valence-corrected chi connectivity index (χ3v) is 4.71. The van der Waals surface area contributed by atoms with Gasteiger partial charge in [0.1, 0.15) is 15.5 Å². The molecule has 2 aromatic heterocycles.